The third kappa shape index (κ3) is 2.24. The molecule has 18 heavy (non-hydrogen) atoms. The number of hydrogen-bond acceptors (Lipinski definition) is 5. The first kappa shape index (κ1) is 12.7. The summed E-state index contributed by atoms with van der Waals surface area (Å²) < 4.78 is 32.1. The molecule has 0 saturated heterocycles. The topological polar surface area (TPSA) is 94.4 Å². The molecule has 8 heteroatoms. The Morgan fingerprint density at radius 1 is 1.56 bits per heavy atom. The quantitative estimate of drug-likeness (QED) is 0.868. The van der Waals surface area contributed by atoms with Crippen LogP contribution in [0.15, 0.2) is 33.9 Å². The minimum absolute atomic E-state index is 0.000874. The van der Waals surface area contributed by atoms with Crippen LogP contribution >= 0.6 is 0 Å². The van der Waals surface area contributed by atoms with E-state index in [9.17, 15) is 8.42 Å². The highest BCUT2D eigenvalue weighted by atomic mass is 32.2. The SMILES string of the molecule is CN(Cc1ccco1)S(=O)(=O)c1cn(C)nc1N. The molecule has 98 valence electrons. The maximum atomic E-state index is 12.2. The van der Waals surface area contributed by atoms with Crippen LogP contribution in [0, 0.1) is 0 Å². The van der Waals surface area contributed by atoms with Crippen LogP contribution in [0.25, 0.3) is 0 Å². The Labute approximate surface area is 105 Å². The lowest BCUT2D eigenvalue weighted by molar-refractivity contribution is 0.406. The summed E-state index contributed by atoms with van der Waals surface area (Å²) in [6.07, 6.45) is 2.87. The smallest absolute Gasteiger partial charge is 0.248 e. The number of furan rings is 1. The number of aromatic nitrogens is 2. The number of rotatable bonds is 4. The number of nitrogens with two attached hydrogens (primary N) is 1. The summed E-state index contributed by atoms with van der Waals surface area (Å²) in [6, 6.07) is 3.41. The van der Waals surface area contributed by atoms with Crippen LogP contribution in [0.5, 0.6) is 0 Å². The predicted molar refractivity (Wildman–Crippen MR) is 65.0 cm³/mol. The second-order valence-corrected chi connectivity index (χ2v) is 5.91. The Hall–Kier alpha value is -1.80. The van der Waals surface area contributed by atoms with Crippen LogP contribution in [0.4, 0.5) is 5.82 Å². The van der Waals surface area contributed by atoms with Gasteiger partial charge in [-0.3, -0.25) is 4.68 Å². The Bertz CT molecular complexity index is 630. The molecule has 0 amide bonds. The van der Waals surface area contributed by atoms with Gasteiger partial charge in [-0.25, -0.2) is 8.42 Å². The van der Waals surface area contributed by atoms with Crippen LogP contribution in [0.2, 0.25) is 0 Å². The minimum Gasteiger partial charge on any atom is -0.468 e. The molecule has 2 heterocycles. The van der Waals surface area contributed by atoms with Crippen molar-refractivity contribution < 1.29 is 12.8 Å². The van der Waals surface area contributed by atoms with E-state index in [2.05, 4.69) is 5.10 Å². The zero-order valence-corrected chi connectivity index (χ0v) is 10.9. The third-order valence-corrected chi connectivity index (χ3v) is 4.29. The zero-order chi connectivity index (χ0) is 13.3. The van der Waals surface area contributed by atoms with Crippen LogP contribution in [0.3, 0.4) is 0 Å². The molecule has 2 N–H and O–H groups in total. The maximum absolute atomic E-state index is 12.2. The molecule has 0 spiro atoms. The van der Waals surface area contributed by atoms with Gasteiger partial charge in [-0.15, -0.1) is 0 Å². The highest BCUT2D eigenvalue weighted by molar-refractivity contribution is 7.89. The van der Waals surface area contributed by atoms with Gasteiger partial charge < -0.3 is 10.2 Å². The molecule has 0 aliphatic rings. The number of hydrogen-bond donors (Lipinski definition) is 1. The lowest BCUT2D eigenvalue weighted by Gasteiger charge is -2.14. The summed E-state index contributed by atoms with van der Waals surface area (Å²) >= 11 is 0. The Kier molecular flexibility index (Phi) is 3.14. The van der Waals surface area contributed by atoms with Crippen molar-refractivity contribution >= 4 is 15.8 Å². The molecule has 0 bridgehead atoms. The largest absolute Gasteiger partial charge is 0.468 e. The van der Waals surface area contributed by atoms with Crippen LogP contribution in [-0.4, -0.2) is 29.6 Å². The van der Waals surface area contributed by atoms with Crippen molar-refractivity contribution in [1.29, 1.82) is 0 Å². The number of nitrogen functional groups attached to an aromatic ring is 1. The van der Waals surface area contributed by atoms with E-state index < -0.39 is 10.0 Å². The molecular weight excluding hydrogens is 256 g/mol. The van der Waals surface area contributed by atoms with Gasteiger partial charge in [-0.2, -0.15) is 9.40 Å². The molecule has 2 rings (SSSR count). The van der Waals surface area contributed by atoms with E-state index in [1.54, 1.807) is 19.2 Å². The molecular formula is C10H14N4O3S. The van der Waals surface area contributed by atoms with E-state index in [1.165, 1.54) is 28.5 Å². The molecule has 0 unspecified atom stereocenters. The van der Waals surface area contributed by atoms with Crippen LogP contribution < -0.4 is 5.73 Å². The van der Waals surface area contributed by atoms with Crippen molar-refractivity contribution in [3.63, 3.8) is 0 Å². The highest BCUT2D eigenvalue weighted by Crippen LogP contribution is 2.21. The van der Waals surface area contributed by atoms with Crippen LogP contribution in [-0.2, 0) is 23.6 Å². The Morgan fingerprint density at radius 2 is 2.28 bits per heavy atom. The lowest BCUT2D eigenvalue weighted by Crippen LogP contribution is -2.26. The summed E-state index contributed by atoms with van der Waals surface area (Å²) in [6.45, 7) is 0.143. The van der Waals surface area contributed by atoms with Crippen molar-refractivity contribution in [2.24, 2.45) is 7.05 Å². The molecule has 0 aromatic carbocycles. The lowest BCUT2D eigenvalue weighted by atomic mass is 10.4. The monoisotopic (exact) mass is 270 g/mol. The molecule has 0 saturated carbocycles. The molecule has 2 aromatic heterocycles. The number of anilines is 1. The molecule has 0 aliphatic carbocycles. The standard InChI is InChI=1S/C10H14N4O3S/c1-13-7-9(10(11)12-13)18(15,16)14(2)6-8-4-3-5-17-8/h3-5,7H,6H2,1-2H3,(H2,11,12). The first-order chi connectivity index (χ1) is 8.41. The predicted octanol–water partition coefficient (Wildman–Crippen LogP) is 0.416. The number of aryl methyl sites for hydroxylation is 1. The van der Waals surface area contributed by atoms with E-state index in [1.807, 2.05) is 0 Å². The van der Waals surface area contributed by atoms with Crippen molar-refractivity contribution in [1.82, 2.24) is 14.1 Å². The molecule has 2 aromatic rings. The highest BCUT2D eigenvalue weighted by Gasteiger charge is 2.26. The second-order valence-electron chi connectivity index (χ2n) is 3.89. The minimum atomic E-state index is -3.66. The van der Waals surface area contributed by atoms with Crippen LogP contribution in [0.1, 0.15) is 5.76 Å². The van der Waals surface area contributed by atoms with Crippen molar-refractivity contribution in [2.45, 2.75) is 11.4 Å². The molecule has 0 radical (unpaired) electrons. The van der Waals surface area contributed by atoms with Gasteiger partial charge in [-0.05, 0) is 12.1 Å². The zero-order valence-electron chi connectivity index (χ0n) is 10.1. The maximum Gasteiger partial charge on any atom is 0.248 e. The third-order valence-electron chi connectivity index (χ3n) is 2.47. The van der Waals surface area contributed by atoms with E-state index >= 15 is 0 Å². The fraction of sp³-hybridized carbons (Fsp3) is 0.300. The number of sulfonamides is 1. The average Bonchev–Trinajstić information content (AvgIpc) is 2.88. The Morgan fingerprint density at radius 3 is 2.78 bits per heavy atom. The Balaban J connectivity index is 2.28. The molecule has 0 aliphatic heterocycles. The first-order valence-corrected chi connectivity index (χ1v) is 6.63. The van der Waals surface area contributed by atoms with Crippen molar-refractivity contribution in [3.05, 3.63) is 30.4 Å². The van der Waals surface area contributed by atoms with E-state index in [0.29, 0.717) is 5.76 Å². The van der Waals surface area contributed by atoms with E-state index in [-0.39, 0.29) is 17.3 Å². The van der Waals surface area contributed by atoms with Gasteiger partial charge in [0.15, 0.2) is 5.82 Å². The van der Waals surface area contributed by atoms with Gasteiger partial charge in [0.2, 0.25) is 10.0 Å². The molecule has 0 atom stereocenters. The summed E-state index contributed by atoms with van der Waals surface area (Å²) in [5, 5.41) is 3.82. The summed E-state index contributed by atoms with van der Waals surface area (Å²) in [5.74, 6) is 0.548. The van der Waals surface area contributed by atoms with Crippen molar-refractivity contribution in [3.8, 4) is 0 Å². The summed E-state index contributed by atoms with van der Waals surface area (Å²) in [4.78, 5) is -0.000874. The normalized spacial score (nSPS) is 12.2. The van der Waals surface area contributed by atoms with E-state index in [4.69, 9.17) is 10.2 Å². The van der Waals surface area contributed by atoms with Gasteiger partial charge in [-0.1, -0.05) is 0 Å². The summed E-state index contributed by atoms with van der Waals surface area (Å²) in [7, 11) is -0.584. The van der Waals surface area contributed by atoms with Gasteiger partial charge in [0, 0.05) is 20.3 Å². The van der Waals surface area contributed by atoms with Gasteiger partial charge in [0.05, 0.1) is 12.8 Å². The average molecular weight is 270 g/mol. The van der Waals surface area contributed by atoms with E-state index in [0.717, 1.165) is 0 Å². The molecule has 0 fully saturated rings. The number of nitrogens with zero attached hydrogens (tertiary/aromatic N) is 3. The fourth-order valence-corrected chi connectivity index (χ4v) is 2.78. The van der Waals surface area contributed by atoms with Crippen molar-refractivity contribution in [2.75, 3.05) is 12.8 Å². The summed E-state index contributed by atoms with van der Waals surface area (Å²) in [5.41, 5.74) is 5.58. The fourth-order valence-electron chi connectivity index (χ4n) is 1.56. The first-order valence-electron chi connectivity index (χ1n) is 5.19. The van der Waals surface area contributed by atoms with Gasteiger partial charge >= 0.3 is 0 Å². The van der Waals surface area contributed by atoms with Gasteiger partial charge in [0.25, 0.3) is 0 Å². The van der Waals surface area contributed by atoms with Gasteiger partial charge in [0.1, 0.15) is 10.7 Å². The molecule has 7 nitrogen and oxygen atoms in total. The second kappa shape index (κ2) is 4.46.